The molecule has 0 atom stereocenters. The number of esters is 1. The highest BCUT2D eigenvalue weighted by Crippen LogP contribution is 2.20. The number of hydrogen-bond donors (Lipinski definition) is 0. The van der Waals surface area contributed by atoms with Crippen LogP contribution in [-0.2, 0) is 9.53 Å². The smallest absolute Gasteiger partial charge is 0.331 e. The first-order valence-corrected chi connectivity index (χ1v) is 5.63. The van der Waals surface area contributed by atoms with Crippen molar-refractivity contribution in [2.75, 3.05) is 6.61 Å². The molecule has 0 fully saturated rings. The number of carbonyl (C=O) groups is 1. The summed E-state index contributed by atoms with van der Waals surface area (Å²) in [5.41, 5.74) is 1.32. The molecule has 1 aromatic rings. The number of carbonyl (C=O) groups excluding carboxylic acids is 1. The van der Waals surface area contributed by atoms with Crippen LogP contribution in [0.1, 0.15) is 19.4 Å². The van der Waals surface area contributed by atoms with E-state index in [9.17, 15) is 9.18 Å². The van der Waals surface area contributed by atoms with Crippen LogP contribution in [0.25, 0.3) is 5.57 Å². The lowest BCUT2D eigenvalue weighted by atomic mass is 10.1. The fraction of sp³-hybridized carbons (Fsp3) is 0.250. The zero-order chi connectivity index (χ0) is 12.1. The van der Waals surface area contributed by atoms with Crippen molar-refractivity contribution in [3.63, 3.8) is 0 Å². The average Bonchev–Trinajstić information content (AvgIpc) is 2.16. The molecule has 0 aliphatic carbocycles. The topological polar surface area (TPSA) is 26.3 Å². The van der Waals surface area contributed by atoms with E-state index in [0.29, 0.717) is 22.2 Å². The van der Waals surface area contributed by atoms with Crippen molar-refractivity contribution in [3.05, 3.63) is 40.1 Å². The molecule has 0 saturated heterocycles. The second-order valence-corrected chi connectivity index (χ2v) is 4.15. The van der Waals surface area contributed by atoms with Gasteiger partial charge in [-0.05, 0) is 43.2 Å². The van der Waals surface area contributed by atoms with E-state index >= 15 is 0 Å². The summed E-state index contributed by atoms with van der Waals surface area (Å²) in [6, 6.07) is 4.48. The summed E-state index contributed by atoms with van der Waals surface area (Å²) in [5.74, 6) is -0.763. The molecule has 0 aliphatic rings. The van der Waals surface area contributed by atoms with Gasteiger partial charge in [0, 0.05) is 10.5 Å². The van der Waals surface area contributed by atoms with Crippen molar-refractivity contribution in [2.45, 2.75) is 13.8 Å². The number of halogens is 2. The zero-order valence-corrected chi connectivity index (χ0v) is 10.7. The van der Waals surface area contributed by atoms with E-state index in [-0.39, 0.29) is 5.82 Å². The molecule has 0 unspecified atom stereocenters. The normalized spacial score (nSPS) is 11.4. The van der Waals surface area contributed by atoms with Crippen LogP contribution < -0.4 is 0 Å². The molecule has 1 aromatic carbocycles. The van der Waals surface area contributed by atoms with Crippen LogP contribution in [-0.4, -0.2) is 12.6 Å². The zero-order valence-electron chi connectivity index (χ0n) is 9.09. The molecule has 0 aliphatic heterocycles. The highest BCUT2D eigenvalue weighted by molar-refractivity contribution is 9.10. The van der Waals surface area contributed by atoms with Gasteiger partial charge in [0.05, 0.1) is 6.61 Å². The predicted octanol–water partition coefficient (Wildman–Crippen LogP) is 3.55. The van der Waals surface area contributed by atoms with E-state index in [1.165, 1.54) is 18.2 Å². The summed E-state index contributed by atoms with van der Waals surface area (Å²) < 4.78 is 18.5. The second kappa shape index (κ2) is 5.80. The molecule has 0 heterocycles. The van der Waals surface area contributed by atoms with E-state index in [2.05, 4.69) is 15.9 Å². The molecular weight excluding hydrogens is 275 g/mol. The lowest BCUT2D eigenvalue weighted by molar-refractivity contribution is -0.137. The van der Waals surface area contributed by atoms with Gasteiger partial charge in [-0.2, -0.15) is 0 Å². The number of allylic oxidation sites excluding steroid dienone is 1. The minimum atomic E-state index is -0.416. The first-order chi connectivity index (χ1) is 7.52. The lowest BCUT2D eigenvalue weighted by Gasteiger charge is -2.03. The maximum atomic E-state index is 13.1. The number of rotatable bonds is 3. The summed E-state index contributed by atoms with van der Waals surface area (Å²) in [4.78, 5) is 11.2. The van der Waals surface area contributed by atoms with Gasteiger partial charge < -0.3 is 4.74 Å². The molecule has 0 bridgehead atoms. The van der Waals surface area contributed by atoms with Crippen molar-refractivity contribution in [1.82, 2.24) is 0 Å². The molecule has 2 nitrogen and oxygen atoms in total. The van der Waals surface area contributed by atoms with Crippen LogP contribution in [0, 0.1) is 5.82 Å². The van der Waals surface area contributed by atoms with E-state index in [4.69, 9.17) is 4.74 Å². The maximum Gasteiger partial charge on any atom is 0.331 e. The third-order valence-corrected chi connectivity index (χ3v) is 2.40. The summed E-state index contributed by atoms with van der Waals surface area (Å²) in [5, 5.41) is 0. The highest BCUT2D eigenvalue weighted by Gasteiger charge is 2.03. The molecule has 0 saturated carbocycles. The Morgan fingerprint density at radius 3 is 2.75 bits per heavy atom. The van der Waals surface area contributed by atoms with Crippen LogP contribution in [0.3, 0.4) is 0 Å². The highest BCUT2D eigenvalue weighted by atomic mass is 79.9. The minimum absolute atomic E-state index is 0.329. The third-order valence-electron chi connectivity index (χ3n) is 1.94. The van der Waals surface area contributed by atoms with E-state index in [1.807, 2.05) is 0 Å². The largest absolute Gasteiger partial charge is 0.463 e. The van der Waals surface area contributed by atoms with Gasteiger partial charge in [-0.25, -0.2) is 9.18 Å². The Morgan fingerprint density at radius 1 is 1.50 bits per heavy atom. The Bertz CT molecular complexity index is 407. The molecule has 0 N–H and O–H groups in total. The third kappa shape index (κ3) is 3.77. The summed E-state index contributed by atoms with van der Waals surface area (Å²) >= 11 is 3.19. The van der Waals surface area contributed by atoms with Crippen LogP contribution in [0.5, 0.6) is 0 Å². The molecule has 4 heteroatoms. The van der Waals surface area contributed by atoms with E-state index in [1.54, 1.807) is 19.9 Å². The Morgan fingerprint density at radius 2 is 2.19 bits per heavy atom. The first-order valence-electron chi connectivity index (χ1n) is 4.84. The van der Waals surface area contributed by atoms with Crippen molar-refractivity contribution >= 4 is 27.5 Å². The van der Waals surface area contributed by atoms with Gasteiger partial charge in [0.25, 0.3) is 0 Å². The number of ether oxygens (including phenoxy) is 1. The lowest BCUT2D eigenvalue weighted by Crippen LogP contribution is -2.00. The van der Waals surface area contributed by atoms with Crippen molar-refractivity contribution in [3.8, 4) is 0 Å². The molecule has 16 heavy (non-hydrogen) atoms. The Balaban J connectivity index is 2.95. The van der Waals surface area contributed by atoms with Gasteiger partial charge in [-0.1, -0.05) is 15.9 Å². The Labute approximate surface area is 102 Å². The minimum Gasteiger partial charge on any atom is -0.463 e. The van der Waals surface area contributed by atoms with Gasteiger partial charge >= 0.3 is 5.97 Å². The standard InChI is InChI=1S/C12H12BrFO2/c1-3-16-12(15)4-8(2)9-5-10(13)7-11(14)6-9/h4-7H,3H2,1-2H3/b8-4+. The van der Waals surface area contributed by atoms with E-state index in [0.717, 1.165) is 0 Å². The fourth-order valence-corrected chi connectivity index (χ4v) is 1.69. The van der Waals surface area contributed by atoms with E-state index < -0.39 is 5.97 Å². The van der Waals surface area contributed by atoms with Crippen LogP contribution in [0.2, 0.25) is 0 Å². The summed E-state index contributed by atoms with van der Waals surface area (Å²) in [6.07, 6.45) is 1.35. The monoisotopic (exact) mass is 286 g/mol. The van der Waals surface area contributed by atoms with Gasteiger partial charge in [0.2, 0.25) is 0 Å². The molecule has 1 rings (SSSR count). The molecule has 86 valence electrons. The van der Waals surface area contributed by atoms with Crippen molar-refractivity contribution in [2.24, 2.45) is 0 Å². The van der Waals surface area contributed by atoms with Crippen molar-refractivity contribution in [1.29, 1.82) is 0 Å². The number of hydrogen-bond acceptors (Lipinski definition) is 2. The van der Waals surface area contributed by atoms with Crippen molar-refractivity contribution < 1.29 is 13.9 Å². The van der Waals surface area contributed by atoms with Gasteiger partial charge in [0.1, 0.15) is 5.82 Å². The van der Waals surface area contributed by atoms with Gasteiger partial charge in [0.15, 0.2) is 0 Å². The summed E-state index contributed by atoms with van der Waals surface area (Å²) in [7, 11) is 0. The van der Waals surface area contributed by atoms with Gasteiger partial charge in [-0.3, -0.25) is 0 Å². The maximum absolute atomic E-state index is 13.1. The predicted molar refractivity (Wildman–Crippen MR) is 64.4 cm³/mol. The molecule has 0 amide bonds. The SMILES string of the molecule is CCOC(=O)/C=C(\C)c1cc(F)cc(Br)c1. The van der Waals surface area contributed by atoms with Crippen LogP contribution in [0.4, 0.5) is 4.39 Å². The average molecular weight is 287 g/mol. The fourth-order valence-electron chi connectivity index (χ4n) is 1.23. The Hall–Kier alpha value is -1.16. The van der Waals surface area contributed by atoms with Gasteiger partial charge in [-0.15, -0.1) is 0 Å². The quantitative estimate of drug-likeness (QED) is 0.627. The van der Waals surface area contributed by atoms with Crippen LogP contribution >= 0.6 is 15.9 Å². The molecule has 0 aromatic heterocycles. The first kappa shape index (κ1) is 12.9. The Kier molecular flexibility index (Phi) is 4.68. The summed E-state index contributed by atoms with van der Waals surface area (Å²) in [6.45, 7) is 3.80. The van der Waals surface area contributed by atoms with Crippen LogP contribution in [0.15, 0.2) is 28.7 Å². The molecule has 0 radical (unpaired) electrons. The molecular formula is C12H12BrFO2. The molecule has 0 spiro atoms. The second-order valence-electron chi connectivity index (χ2n) is 3.24. The number of benzene rings is 1.